The third-order valence-electron chi connectivity index (χ3n) is 2.79. The second-order valence-corrected chi connectivity index (χ2v) is 5.22. The number of carbonyl (C=O) groups is 1. The molecule has 0 aliphatic heterocycles. The molecule has 0 fully saturated rings. The highest BCUT2D eigenvalue weighted by Gasteiger charge is 2.21. The monoisotopic (exact) mass is 246 g/mol. The van der Waals surface area contributed by atoms with Crippen LogP contribution in [0.15, 0.2) is 30.5 Å². The molecule has 96 valence electrons. The van der Waals surface area contributed by atoms with Crippen LogP contribution in [0.4, 0.5) is 0 Å². The Morgan fingerprint density at radius 1 is 1.39 bits per heavy atom. The molecule has 4 nitrogen and oxygen atoms in total. The van der Waals surface area contributed by atoms with E-state index in [4.69, 9.17) is 0 Å². The molecule has 0 bridgehead atoms. The standard InChI is InChI=1S/C14H18N2O2/c1-14(2,18)9-16(3)13(17)11-6-4-5-10-7-8-15-12(10)11/h4-8,15,18H,9H2,1-3H3. The topological polar surface area (TPSA) is 56.3 Å². The third-order valence-corrected chi connectivity index (χ3v) is 2.79. The van der Waals surface area contributed by atoms with Gasteiger partial charge in [0.1, 0.15) is 0 Å². The SMILES string of the molecule is CN(CC(C)(C)O)C(=O)c1cccc2cc[nH]c12. The molecular weight excluding hydrogens is 228 g/mol. The van der Waals surface area contributed by atoms with Crippen LogP contribution in [0.2, 0.25) is 0 Å². The minimum absolute atomic E-state index is 0.0924. The van der Waals surface area contributed by atoms with Crippen molar-refractivity contribution in [1.29, 1.82) is 0 Å². The number of fused-ring (bicyclic) bond motifs is 1. The fourth-order valence-corrected chi connectivity index (χ4v) is 2.12. The second-order valence-electron chi connectivity index (χ2n) is 5.22. The summed E-state index contributed by atoms with van der Waals surface area (Å²) in [5.41, 5.74) is 0.572. The number of aromatic amines is 1. The lowest BCUT2D eigenvalue weighted by Crippen LogP contribution is -2.39. The molecule has 2 rings (SSSR count). The number of hydrogen-bond donors (Lipinski definition) is 2. The van der Waals surface area contributed by atoms with Crippen molar-refractivity contribution in [3.8, 4) is 0 Å². The number of carbonyl (C=O) groups excluding carboxylic acids is 1. The van der Waals surface area contributed by atoms with E-state index in [9.17, 15) is 9.90 Å². The third kappa shape index (κ3) is 2.54. The summed E-state index contributed by atoms with van der Waals surface area (Å²) in [6.45, 7) is 3.67. The Labute approximate surface area is 106 Å². The normalized spacial score (nSPS) is 11.8. The van der Waals surface area contributed by atoms with Gasteiger partial charge in [-0.25, -0.2) is 0 Å². The number of para-hydroxylation sites is 1. The van der Waals surface area contributed by atoms with Gasteiger partial charge in [-0.1, -0.05) is 12.1 Å². The smallest absolute Gasteiger partial charge is 0.255 e. The minimum Gasteiger partial charge on any atom is -0.389 e. The van der Waals surface area contributed by atoms with Crippen molar-refractivity contribution < 1.29 is 9.90 Å². The van der Waals surface area contributed by atoms with Crippen LogP contribution >= 0.6 is 0 Å². The van der Waals surface area contributed by atoms with Crippen LogP contribution in [-0.2, 0) is 0 Å². The Kier molecular flexibility index (Phi) is 3.13. The van der Waals surface area contributed by atoms with Crippen molar-refractivity contribution in [2.75, 3.05) is 13.6 Å². The van der Waals surface area contributed by atoms with E-state index in [1.807, 2.05) is 24.4 Å². The van der Waals surface area contributed by atoms with Gasteiger partial charge in [0.2, 0.25) is 0 Å². The van der Waals surface area contributed by atoms with Gasteiger partial charge >= 0.3 is 0 Å². The molecule has 2 aromatic rings. The highest BCUT2D eigenvalue weighted by molar-refractivity contribution is 6.05. The summed E-state index contributed by atoms with van der Waals surface area (Å²) in [5, 5.41) is 10.8. The number of H-pyrrole nitrogens is 1. The molecule has 0 aliphatic rings. The largest absolute Gasteiger partial charge is 0.389 e. The summed E-state index contributed by atoms with van der Waals surface area (Å²) >= 11 is 0. The Hall–Kier alpha value is -1.81. The van der Waals surface area contributed by atoms with Crippen LogP contribution < -0.4 is 0 Å². The predicted molar refractivity (Wildman–Crippen MR) is 71.6 cm³/mol. The second kappa shape index (κ2) is 4.46. The van der Waals surface area contributed by atoms with Gasteiger partial charge in [0.15, 0.2) is 0 Å². The van der Waals surface area contributed by atoms with Gasteiger partial charge in [0.25, 0.3) is 5.91 Å². The molecule has 1 aromatic heterocycles. The maximum absolute atomic E-state index is 12.3. The van der Waals surface area contributed by atoms with Crippen LogP contribution in [0.1, 0.15) is 24.2 Å². The number of aromatic nitrogens is 1. The zero-order valence-electron chi connectivity index (χ0n) is 10.9. The van der Waals surface area contributed by atoms with E-state index in [1.54, 1.807) is 27.0 Å². The number of aliphatic hydroxyl groups is 1. The first-order valence-electron chi connectivity index (χ1n) is 5.92. The lowest BCUT2D eigenvalue weighted by atomic mass is 10.1. The Bertz CT molecular complexity index is 566. The molecule has 18 heavy (non-hydrogen) atoms. The number of rotatable bonds is 3. The van der Waals surface area contributed by atoms with Crippen molar-refractivity contribution in [2.45, 2.75) is 19.4 Å². The molecule has 1 amide bonds. The van der Waals surface area contributed by atoms with E-state index in [0.29, 0.717) is 12.1 Å². The number of benzene rings is 1. The molecule has 0 unspecified atom stereocenters. The maximum atomic E-state index is 12.3. The molecule has 1 aromatic carbocycles. The molecule has 0 aliphatic carbocycles. The van der Waals surface area contributed by atoms with Gasteiger partial charge in [0, 0.05) is 25.2 Å². The van der Waals surface area contributed by atoms with Crippen LogP contribution in [0, 0.1) is 0 Å². The highest BCUT2D eigenvalue weighted by atomic mass is 16.3. The van der Waals surface area contributed by atoms with Crippen molar-refractivity contribution in [3.63, 3.8) is 0 Å². The van der Waals surface area contributed by atoms with Gasteiger partial charge in [-0.15, -0.1) is 0 Å². The first kappa shape index (κ1) is 12.6. The average Bonchev–Trinajstić information content (AvgIpc) is 2.73. The summed E-state index contributed by atoms with van der Waals surface area (Å²) in [7, 11) is 1.70. The number of hydrogen-bond acceptors (Lipinski definition) is 2. The van der Waals surface area contributed by atoms with Gasteiger partial charge < -0.3 is 15.0 Å². The van der Waals surface area contributed by atoms with E-state index in [1.165, 1.54) is 4.90 Å². The van der Waals surface area contributed by atoms with Crippen LogP contribution in [0.25, 0.3) is 10.9 Å². The molecule has 0 saturated heterocycles. The number of nitrogens with zero attached hydrogens (tertiary/aromatic N) is 1. The van der Waals surface area contributed by atoms with Crippen LogP contribution in [-0.4, -0.2) is 40.1 Å². The van der Waals surface area contributed by atoms with Crippen molar-refractivity contribution in [1.82, 2.24) is 9.88 Å². The van der Waals surface area contributed by atoms with E-state index in [-0.39, 0.29) is 5.91 Å². The van der Waals surface area contributed by atoms with E-state index in [0.717, 1.165) is 10.9 Å². The summed E-state index contributed by atoms with van der Waals surface area (Å²) in [5.74, 6) is -0.0924. The van der Waals surface area contributed by atoms with Crippen LogP contribution in [0.3, 0.4) is 0 Å². The summed E-state index contributed by atoms with van der Waals surface area (Å²) in [6.07, 6.45) is 1.82. The lowest BCUT2D eigenvalue weighted by molar-refractivity contribution is 0.0369. The summed E-state index contributed by atoms with van der Waals surface area (Å²) in [4.78, 5) is 16.9. The van der Waals surface area contributed by atoms with Crippen molar-refractivity contribution in [2.24, 2.45) is 0 Å². The molecule has 4 heteroatoms. The first-order chi connectivity index (χ1) is 8.38. The van der Waals surface area contributed by atoms with Gasteiger partial charge in [-0.3, -0.25) is 4.79 Å². The zero-order chi connectivity index (χ0) is 13.3. The molecule has 0 saturated carbocycles. The van der Waals surface area contributed by atoms with Gasteiger partial charge in [-0.2, -0.15) is 0 Å². The van der Waals surface area contributed by atoms with Crippen LogP contribution in [0.5, 0.6) is 0 Å². The Morgan fingerprint density at radius 2 is 2.11 bits per heavy atom. The number of amides is 1. The van der Waals surface area contributed by atoms with E-state index in [2.05, 4.69) is 4.98 Å². The summed E-state index contributed by atoms with van der Waals surface area (Å²) < 4.78 is 0. The highest BCUT2D eigenvalue weighted by Crippen LogP contribution is 2.18. The maximum Gasteiger partial charge on any atom is 0.255 e. The molecular formula is C14H18N2O2. The molecule has 0 radical (unpaired) electrons. The fraction of sp³-hybridized carbons (Fsp3) is 0.357. The van der Waals surface area contributed by atoms with Gasteiger partial charge in [0.05, 0.1) is 16.7 Å². The van der Waals surface area contributed by atoms with Gasteiger partial charge in [-0.05, 0) is 26.0 Å². The molecule has 1 heterocycles. The Morgan fingerprint density at radius 3 is 2.78 bits per heavy atom. The molecule has 0 spiro atoms. The van der Waals surface area contributed by atoms with Crippen molar-refractivity contribution in [3.05, 3.63) is 36.0 Å². The number of nitrogens with one attached hydrogen (secondary N) is 1. The van der Waals surface area contributed by atoms with Crippen molar-refractivity contribution >= 4 is 16.8 Å². The number of likely N-dealkylation sites (N-methyl/N-ethyl adjacent to an activating group) is 1. The predicted octanol–water partition coefficient (Wildman–Crippen LogP) is 2.01. The van der Waals surface area contributed by atoms with E-state index < -0.39 is 5.60 Å². The quantitative estimate of drug-likeness (QED) is 0.870. The van der Waals surface area contributed by atoms with E-state index >= 15 is 0 Å². The summed E-state index contributed by atoms with van der Waals surface area (Å²) in [6, 6.07) is 7.55. The first-order valence-corrected chi connectivity index (χ1v) is 5.92. The molecule has 2 N–H and O–H groups in total. The molecule has 0 atom stereocenters. The minimum atomic E-state index is -0.895. The zero-order valence-corrected chi connectivity index (χ0v) is 10.9. The average molecular weight is 246 g/mol. The Balaban J connectivity index is 2.31. The fourth-order valence-electron chi connectivity index (χ4n) is 2.12. The lowest BCUT2D eigenvalue weighted by Gasteiger charge is -2.25.